The Bertz CT molecular complexity index is 4020. The van der Waals surface area contributed by atoms with Crippen molar-refractivity contribution in [3.63, 3.8) is 0 Å². The first-order chi connectivity index (χ1) is 37.8. The average Bonchev–Trinajstić information content (AvgIpc) is 3.46. The molecule has 2 unspecified atom stereocenters. The Morgan fingerprint density at radius 3 is 1.77 bits per heavy atom. The minimum atomic E-state index is -0.139. The molecule has 4 aliphatic rings. The normalized spacial score (nSPS) is 18.4. The predicted octanol–water partition coefficient (Wildman–Crippen LogP) is 18.6. The van der Waals surface area contributed by atoms with E-state index in [9.17, 15) is 0 Å². The summed E-state index contributed by atoms with van der Waals surface area (Å²) in [7, 11) is 0. The molecule has 14 rings (SSSR count). The Morgan fingerprint density at radius 1 is 0.468 bits per heavy atom. The summed E-state index contributed by atoms with van der Waals surface area (Å²) < 4.78 is 6.68. The first kappa shape index (κ1) is 49.5. The molecule has 4 heterocycles. The highest BCUT2D eigenvalue weighted by Gasteiger charge is 2.61. The summed E-state index contributed by atoms with van der Waals surface area (Å²) in [6, 6.07) is 72.1. The topological polar surface area (TPSA) is 22.9 Å². The molecule has 0 saturated heterocycles. The van der Waals surface area contributed by atoms with E-state index in [2.05, 4.69) is 279 Å². The van der Waals surface area contributed by atoms with E-state index in [0.717, 1.165) is 51.1 Å². The van der Waals surface area contributed by atoms with Gasteiger partial charge in [0.2, 0.25) is 0 Å². The Labute approximate surface area is 468 Å². The minimum Gasteiger partial charge on any atom is -0.456 e. The molecule has 1 fully saturated rings. The monoisotopic (exact) mass is 1030 g/mol. The van der Waals surface area contributed by atoms with Gasteiger partial charge in [0.1, 0.15) is 11.2 Å². The zero-order chi connectivity index (χ0) is 54.5. The van der Waals surface area contributed by atoms with Gasteiger partial charge < -0.3 is 19.1 Å². The number of benzene rings is 9. The van der Waals surface area contributed by atoms with Crippen LogP contribution in [0.3, 0.4) is 0 Å². The number of furan rings is 1. The van der Waals surface area contributed by atoms with Crippen molar-refractivity contribution < 1.29 is 4.42 Å². The summed E-state index contributed by atoms with van der Waals surface area (Å²) in [6.07, 6.45) is 4.74. The van der Waals surface area contributed by atoms with Gasteiger partial charge in [-0.25, -0.2) is 0 Å². The van der Waals surface area contributed by atoms with E-state index in [1.54, 1.807) is 0 Å². The number of fused-ring (bicyclic) bond motifs is 10. The molecule has 10 aromatic rings. The zero-order valence-corrected chi connectivity index (χ0v) is 48.1. The molecule has 0 radical (unpaired) electrons. The largest absolute Gasteiger partial charge is 0.456 e. The Balaban J connectivity index is 1.11. The van der Waals surface area contributed by atoms with Crippen molar-refractivity contribution in [2.24, 2.45) is 0 Å². The van der Waals surface area contributed by atoms with Crippen LogP contribution in [-0.4, -0.2) is 12.3 Å². The molecular formula is C74H72BN3O. The van der Waals surface area contributed by atoms with E-state index >= 15 is 0 Å². The summed E-state index contributed by atoms with van der Waals surface area (Å²) in [5.74, 6) is 0. The molecular weight excluding hydrogens is 958 g/mol. The summed E-state index contributed by atoms with van der Waals surface area (Å²) in [5, 5.41) is 2.30. The van der Waals surface area contributed by atoms with E-state index in [1.165, 1.54) is 103 Å². The molecule has 0 bridgehead atoms. The molecule has 9 aromatic carbocycles. The van der Waals surface area contributed by atoms with Crippen LogP contribution in [-0.2, 0) is 21.7 Å². The van der Waals surface area contributed by atoms with E-state index in [1.807, 2.05) is 0 Å². The van der Waals surface area contributed by atoms with Crippen molar-refractivity contribution in [3.05, 3.63) is 210 Å². The maximum atomic E-state index is 6.68. The highest BCUT2D eigenvalue weighted by atomic mass is 16.3. The maximum absolute atomic E-state index is 6.68. The number of rotatable bonds is 6. The molecule has 1 aromatic heterocycles. The van der Waals surface area contributed by atoms with E-state index < -0.39 is 0 Å². The molecule has 79 heavy (non-hydrogen) atoms. The summed E-state index contributed by atoms with van der Waals surface area (Å²) in [6.45, 7) is 26.0. The smallest absolute Gasteiger partial charge is 0.252 e. The lowest BCUT2D eigenvalue weighted by Crippen LogP contribution is -2.64. The van der Waals surface area contributed by atoms with Gasteiger partial charge in [-0.1, -0.05) is 197 Å². The third-order valence-corrected chi connectivity index (χ3v) is 19.1. The summed E-state index contributed by atoms with van der Waals surface area (Å²) in [4.78, 5) is 8.03. The lowest BCUT2D eigenvalue weighted by Gasteiger charge is -2.53. The van der Waals surface area contributed by atoms with Crippen LogP contribution in [0.4, 0.5) is 45.5 Å². The van der Waals surface area contributed by atoms with Crippen LogP contribution in [0.15, 0.2) is 192 Å². The molecule has 1 aliphatic carbocycles. The molecule has 0 N–H and O–H groups in total. The fraction of sp³-hybridized carbons (Fsp3) is 0.270. The van der Waals surface area contributed by atoms with Crippen LogP contribution < -0.4 is 31.1 Å². The zero-order valence-electron chi connectivity index (χ0n) is 48.1. The fourth-order valence-electron chi connectivity index (χ4n) is 14.5. The average molecular weight is 1030 g/mol. The minimum absolute atomic E-state index is 0.0180. The second kappa shape index (κ2) is 17.4. The van der Waals surface area contributed by atoms with E-state index in [0.29, 0.717) is 0 Å². The lowest BCUT2D eigenvalue weighted by molar-refractivity contribution is 0.195. The molecule has 0 spiro atoms. The van der Waals surface area contributed by atoms with Crippen LogP contribution >= 0.6 is 0 Å². The molecule has 392 valence electrons. The van der Waals surface area contributed by atoms with Crippen molar-refractivity contribution in [3.8, 4) is 22.3 Å². The Kier molecular flexibility index (Phi) is 10.9. The van der Waals surface area contributed by atoms with Gasteiger partial charge in [0.15, 0.2) is 0 Å². The van der Waals surface area contributed by atoms with Crippen LogP contribution in [0.5, 0.6) is 0 Å². The third kappa shape index (κ3) is 7.47. The van der Waals surface area contributed by atoms with Gasteiger partial charge in [-0.2, -0.15) is 0 Å². The second-order valence-electron chi connectivity index (χ2n) is 26.9. The lowest BCUT2D eigenvalue weighted by atomic mass is 9.33. The Hall–Kier alpha value is -7.76. The van der Waals surface area contributed by atoms with E-state index in [4.69, 9.17) is 4.42 Å². The SMILES string of the molecule is CC(C)(C)c1ccc(N(c2ccc(C(C)(C)C)cc2)c2ccc3c(c2)N(c2ccc(C(C)(C)C)cc2-c2ccccc2)c2cc(-c4cccc5oc6ccccc6c45)cc4c2B3c2cccc3c2N4C2(C)CCCCC32C)cc1. The van der Waals surface area contributed by atoms with Gasteiger partial charge in [0, 0.05) is 61.6 Å². The van der Waals surface area contributed by atoms with Crippen molar-refractivity contribution in [2.45, 2.75) is 129 Å². The first-order valence-corrected chi connectivity index (χ1v) is 29.0. The Morgan fingerprint density at radius 2 is 1.08 bits per heavy atom. The molecule has 3 aliphatic heterocycles. The second-order valence-corrected chi connectivity index (χ2v) is 26.9. The van der Waals surface area contributed by atoms with Gasteiger partial charge >= 0.3 is 0 Å². The molecule has 0 amide bonds. The van der Waals surface area contributed by atoms with Crippen LogP contribution in [0.1, 0.15) is 124 Å². The molecule has 5 heteroatoms. The van der Waals surface area contributed by atoms with Crippen molar-refractivity contribution in [1.82, 2.24) is 0 Å². The highest BCUT2D eigenvalue weighted by molar-refractivity contribution is 7.00. The standard InChI is InChI=1S/C74H72BN3O/c1-70(2,3)49-29-34-52(35-30-49)76(53-36-31-50(32-37-53)71(4,5)6)54-38-39-59-62(46-54)77(61-40-33-51(72(7,8)9)45-57(61)47-21-13-12-14-22-47)63-43-48(55-24-19-28-66-67(55)56-23-15-16-27-65(56)79-66)44-64-68(63)75(59)60-26-20-25-58-69(60)78(64)74(11)42-18-17-41-73(58,74)10/h12-16,19-40,43-46H,17-18,41-42H2,1-11H3. The highest BCUT2D eigenvalue weighted by Crippen LogP contribution is 2.62. The third-order valence-electron chi connectivity index (χ3n) is 19.1. The van der Waals surface area contributed by atoms with Crippen LogP contribution in [0, 0.1) is 0 Å². The molecule has 1 saturated carbocycles. The number of para-hydroxylation sites is 2. The van der Waals surface area contributed by atoms with Crippen LogP contribution in [0.25, 0.3) is 44.2 Å². The summed E-state index contributed by atoms with van der Waals surface area (Å²) >= 11 is 0. The van der Waals surface area contributed by atoms with Crippen molar-refractivity contribution in [1.29, 1.82) is 0 Å². The predicted molar refractivity (Wildman–Crippen MR) is 338 cm³/mol. The number of hydrogen-bond donors (Lipinski definition) is 0. The molecule has 2 atom stereocenters. The van der Waals surface area contributed by atoms with Crippen molar-refractivity contribution >= 4 is 90.5 Å². The van der Waals surface area contributed by atoms with Crippen LogP contribution in [0.2, 0.25) is 0 Å². The fourth-order valence-corrected chi connectivity index (χ4v) is 14.5. The number of anilines is 8. The number of nitrogens with zero attached hydrogens (tertiary/aromatic N) is 3. The van der Waals surface area contributed by atoms with E-state index in [-0.39, 0.29) is 33.9 Å². The number of hydrogen-bond acceptors (Lipinski definition) is 4. The van der Waals surface area contributed by atoms with Gasteiger partial charge in [-0.05, 0) is 164 Å². The van der Waals surface area contributed by atoms with Gasteiger partial charge in [-0.3, -0.25) is 0 Å². The maximum Gasteiger partial charge on any atom is 0.252 e. The summed E-state index contributed by atoms with van der Waals surface area (Å²) in [5.41, 5.74) is 25.6. The van der Waals surface area contributed by atoms with Gasteiger partial charge in [-0.15, -0.1) is 0 Å². The quantitative estimate of drug-likeness (QED) is 0.155. The van der Waals surface area contributed by atoms with Gasteiger partial charge in [0.05, 0.1) is 11.2 Å². The molecule has 4 nitrogen and oxygen atoms in total. The first-order valence-electron chi connectivity index (χ1n) is 29.0. The van der Waals surface area contributed by atoms with Gasteiger partial charge in [0.25, 0.3) is 6.71 Å². The van der Waals surface area contributed by atoms with Crippen molar-refractivity contribution in [2.75, 3.05) is 14.7 Å².